The van der Waals surface area contributed by atoms with E-state index in [2.05, 4.69) is 10.2 Å². The monoisotopic (exact) mass is 499 g/mol. The minimum absolute atomic E-state index is 0.147. The molecule has 2 saturated heterocycles. The minimum Gasteiger partial charge on any atom is -0.371 e. The van der Waals surface area contributed by atoms with Crippen molar-refractivity contribution in [1.29, 1.82) is 0 Å². The second kappa shape index (κ2) is 10.1. The first-order chi connectivity index (χ1) is 16.5. The Labute approximate surface area is 199 Å². The predicted octanol–water partition coefficient (Wildman–Crippen LogP) is 6.43. The normalized spacial score (nSPS) is 18.5. The highest BCUT2D eigenvalue weighted by molar-refractivity contribution is 6.05. The van der Waals surface area contributed by atoms with Crippen molar-refractivity contribution in [2.75, 3.05) is 36.4 Å². The summed E-state index contributed by atoms with van der Waals surface area (Å²) in [5.74, 6) is -0.903. The third-order valence-electron chi connectivity index (χ3n) is 6.69. The summed E-state index contributed by atoms with van der Waals surface area (Å²) in [6.45, 7) is 3.23. The number of benzene rings is 2. The fourth-order valence-corrected chi connectivity index (χ4v) is 4.84. The number of likely N-dealkylation sites (tertiary alicyclic amines) is 1. The number of carbonyl (C=O) groups is 1. The van der Waals surface area contributed by atoms with Crippen LogP contribution in [0.15, 0.2) is 42.5 Å². The van der Waals surface area contributed by atoms with Crippen LogP contribution in [0.5, 0.6) is 0 Å². The molecule has 4 nitrogen and oxygen atoms in total. The smallest absolute Gasteiger partial charge is 0.371 e. The zero-order valence-electron chi connectivity index (χ0n) is 19.1. The minimum atomic E-state index is -4.67. The largest absolute Gasteiger partial charge is 0.416 e. The van der Waals surface area contributed by atoms with E-state index in [-0.39, 0.29) is 16.9 Å². The number of anilines is 2. The molecule has 0 unspecified atom stereocenters. The average Bonchev–Trinajstić information content (AvgIpc) is 2.83. The van der Waals surface area contributed by atoms with Crippen molar-refractivity contribution in [2.45, 2.75) is 50.5 Å². The van der Waals surface area contributed by atoms with Crippen molar-refractivity contribution in [2.24, 2.45) is 0 Å². The van der Waals surface area contributed by atoms with Gasteiger partial charge < -0.3 is 15.1 Å². The van der Waals surface area contributed by atoms with Crippen LogP contribution in [-0.4, -0.2) is 43.0 Å². The van der Waals surface area contributed by atoms with Gasteiger partial charge in [0.2, 0.25) is 0 Å². The molecule has 0 bridgehead atoms. The molecule has 2 aliphatic rings. The van der Waals surface area contributed by atoms with Gasteiger partial charge in [0.05, 0.1) is 11.1 Å². The van der Waals surface area contributed by atoms with Crippen LogP contribution in [0.4, 0.5) is 37.7 Å². The first-order valence-electron chi connectivity index (χ1n) is 11.7. The summed E-state index contributed by atoms with van der Waals surface area (Å²) in [7, 11) is 0. The van der Waals surface area contributed by atoms with Crippen LogP contribution in [-0.2, 0) is 12.4 Å². The Bertz CT molecular complexity index is 1040. The van der Waals surface area contributed by atoms with Gasteiger partial charge in [-0.15, -0.1) is 0 Å². The number of halogens is 6. The van der Waals surface area contributed by atoms with E-state index in [9.17, 15) is 31.1 Å². The molecule has 4 rings (SSSR count). The molecule has 0 spiro atoms. The molecule has 2 aromatic carbocycles. The van der Waals surface area contributed by atoms with Crippen molar-refractivity contribution < 1.29 is 31.1 Å². The number of carbonyl (C=O) groups excluding carboxylic acids is 1. The lowest BCUT2D eigenvalue weighted by molar-refractivity contribution is -0.138. The number of piperidine rings is 2. The van der Waals surface area contributed by atoms with Gasteiger partial charge in [-0.2, -0.15) is 26.3 Å². The Balaban J connectivity index is 1.53. The molecule has 1 N–H and O–H groups in total. The van der Waals surface area contributed by atoms with E-state index in [4.69, 9.17) is 0 Å². The zero-order valence-corrected chi connectivity index (χ0v) is 19.1. The molecule has 2 aromatic rings. The van der Waals surface area contributed by atoms with E-state index in [1.54, 1.807) is 0 Å². The van der Waals surface area contributed by atoms with Crippen LogP contribution in [0, 0.1) is 0 Å². The predicted molar refractivity (Wildman–Crippen MR) is 122 cm³/mol. The van der Waals surface area contributed by atoms with Gasteiger partial charge in [0.15, 0.2) is 0 Å². The molecule has 35 heavy (non-hydrogen) atoms. The third-order valence-corrected chi connectivity index (χ3v) is 6.69. The van der Waals surface area contributed by atoms with Gasteiger partial charge in [-0.3, -0.25) is 4.79 Å². The van der Waals surface area contributed by atoms with Gasteiger partial charge >= 0.3 is 12.4 Å². The summed E-state index contributed by atoms with van der Waals surface area (Å²) in [5, 5.41) is 2.30. The highest BCUT2D eigenvalue weighted by Crippen LogP contribution is 2.35. The lowest BCUT2D eigenvalue weighted by atomic mass is 9.98. The van der Waals surface area contributed by atoms with E-state index in [0.29, 0.717) is 19.1 Å². The molecule has 0 aromatic heterocycles. The van der Waals surface area contributed by atoms with Crippen molar-refractivity contribution in [3.63, 3.8) is 0 Å². The molecule has 0 aliphatic carbocycles. The third kappa shape index (κ3) is 6.28. The summed E-state index contributed by atoms with van der Waals surface area (Å²) in [4.78, 5) is 17.1. The fraction of sp³-hybridized carbons (Fsp3) is 0.480. The van der Waals surface area contributed by atoms with E-state index >= 15 is 0 Å². The molecular formula is C25H27F6N3O. The quantitative estimate of drug-likeness (QED) is 0.493. The van der Waals surface area contributed by atoms with Crippen molar-refractivity contribution >= 4 is 17.3 Å². The van der Waals surface area contributed by atoms with Gasteiger partial charge in [-0.05, 0) is 75.2 Å². The highest BCUT2D eigenvalue weighted by atomic mass is 19.4. The topological polar surface area (TPSA) is 35.6 Å². The number of hydrogen-bond donors (Lipinski definition) is 1. The molecular weight excluding hydrogens is 472 g/mol. The number of alkyl halides is 6. The number of nitrogens with one attached hydrogen (secondary N) is 1. The summed E-state index contributed by atoms with van der Waals surface area (Å²) in [6.07, 6.45) is -4.08. The first kappa shape index (κ1) is 25.3. The fourth-order valence-electron chi connectivity index (χ4n) is 4.84. The van der Waals surface area contributed by atoms with E-state index in [0.717, 1.165) is 69.1 Å². The summed E-state index contributed by atoms with van der Waals surface area (Å²) >= 11 is 0. The maximum atomic E-state index is 13.6. The van der Waals surface area contributed by atoms with E-state index in [1.165, 1.54) is 18.6 Å². The van der Waals surface area contributed by atoms with E-state index in [1.807, 2.05) is 4.90 Å². The molecule has 2 heterocycles. The van der Waals surface area contributed by atoms with Crippen LogP contribution in [0.1, 0.15) is 53.6 Å². The van der Waals surface area contributed by atoms with Gasteiger partial charge in [0, 0.05) is 36.1 Å². The van der Waals surface area contributed by atoms with Gasteiger partial charge in [-0.1, -0.05) is 12.5 Å². The molecule has 0 radical (unpaired) electrons. The number of nitrogens with zero attached hydrogens (tertiary/aromatic N) is 2. The second-order valence-electron chi connectivity index (χ2n) is 9.11. The number of rotatable bonds is 4. The van der Waals surface area contributed by atoms with Gasteiger partial charge in [0.1, 0.15) is 0 Å². The maximum absolute atomic E-state index is 13.6. The van der Waals surface area contributed by atoms with Gasteiger partial charge in [0.25, 0.3) is 5.91 Å². The lowest BCUT2D eigenvalue weighted by Gasteiger charge is -2.41. The highest BCUT2D eigenvalue weighted by Gasteiger charge is 2.34. The Morgan fingerprint density at radius 1 is 0.800 bits per heavy atom. The average molecular weight is 499 g/mol. The number of amides is 1. The summed E-state index contributed by atoms with van der Waals surface area (Å²) in [6, 6.07) is 7.52. The van der Waals surface area contributed by atoms with Crippen LogP contribution in [0.3, 0.4) is 0 Å². The molecule has 10 heteroatoms. The summed E-state index contributed by atoms with van der Waals surface area (Å²) in [5.41, 5.74) is -2.05. The molecule has 190 valence electrons. The first-order valence-corrected chi connectivity index (χ1v) is 11.7. The molecule has 0 saturated carbocycles. The van der Waals surface area contributed by atoms with Crippen LogP contribution < -0.4 is 10.2 Å². The Hall–Kier alpha value is -2.75. The van der Waals surface area contributed by atoms with Crippen molar-refractivity contribution in [3.05, 3.63) is 59.2 Å². The molecule has 2 aliphatic heterocycles. The Morgan fingerprint density at radius 3 is 2.09 bits per heavy atom. The van der Waals surface area contributed by atoms with Gasteiger partial charge in [-0.25, -0.2) is 0 Å². The second-order valence-corrected chi connectivity index (χ2v) is 9.11. The standard InChI is InChI=1S/C25H27F6N3O/c26-24(27,28)18-5-4-6-20(15-18)32-23(35)17-13-19(25(29,30)31)16-22(14-17)34-11-7-21(8-12-34)33-9-2-1-3-10-33/h4-6,13-16,21H,1-3,7-12H2,(H,32,35). The maximum Gasteiger partial charge on any atom is 0.416 e. The SMILES string of the molecule is O=C(Nc1cccc(C(F)(F)F)c1)c1cc(N2CCC(N3CCCCC3)CC2)cc(C(F)(F)F)c1. The van der Waals surface area contributed by atoms with Crippen LogP contribution >= 0.6 is 0 Å². The molecule has 2 fully saturated rings. The van der Waals surface area contributed by atoms with Crippen LogP contribution in [0.2, 0.25) is 0 Å². The Kier molecular flexibility index (Phi) is 7.30. The summed E-state index contributed by atoms with van der Waals surface area (Å²) < 4.78 is 79.8. The van der Waals surface area contributed by atoms with Crippen molar-refractivity contribution in [3.8, 4) is 0 Å². The van der Waals surface area contributed by atoms with Crippen LogP contribution in [0.25, 0.3) is 0 Å². The number of hydrogen-bond acceptors (Lipinski definition) is 3. The zero-order chi connectivity index (χ0) is 25.2. The van der Waals surface area contributed by atoms with E-state index < -0.39 is 29.4 Å². The molecule has 0 atom stereocenters. The molecule has 1 amide bonds. The Morgan fingerprint density at radius 2 is 1.46 bits per heavy atom. The van der Waals surface area contributed by atoms with Crippen molar-refractivity contribution in [1.82, 2.24) is 4.90 Å². The lowest BCUT2D eigenvalue weighted by Crippen LogP contribution is -2.46.